The molecule has 3 rings (SSSR count). The summed E-state index contributed by atoms with van der Waals surface area (Å²) in [5.74, 6) is -0.715. The van der Waals surface area contributed by atoms with Crippen molar-refractivity contribution in [1.82, 2.24) is 0 Å². The molecule has 0 bridgehead atoms. The molecule has 0 aromatic heterocycles. The van der Waals surface area contributed by atoms with Gasteiger partial charge >= 0.3 is 11.9 Å². The molecule has 140 valence electrons. The zero-order chi connectivity index (χ0) is 19.0. The molecule has 3 N–H and O–H groups in total. The number of ether oxygens (including phenoxy) is 2. The van der Waals surface area contributed by atoms with Gasteiger partial charge in [0.05, 0.1) is 24.3 Å². The molecule has 2 unspecified atom stereocenters. The largest absolute Gasteiger partial charge is 0.496 e. The van der Waals surface area contributed by atoms with Crippen molar-refractivity contribution >= 4 is 17.6 Å². The van der Waals surface area contributed by atoms with Crippen molar-refractivity contribution in [2.24, 2.45) is 11.8 Å². The quantitative estimate of drug-likeness (QED) is 0.476. The van der Waals surface area contributed by atoms with Gasteiger partial charge in [-0.25, -0.2) is 4.79 Å². The molecule has 2 aliphatic rings. The topological polar surface area (TPSA) is 98.9 Å². The number of benzene rings is 1. The lowest BCUT2D eigenvalue weighted by Gasteiger charge is -2.19. The molecular weight excluding hydrogens is 334 g/mol. The summed E-state index contributed by atoms with van der Waals surface area (Å²) < 4.78 is 10.7. The SMILES string of the molecule is COc1c(C)c2c(c(N)c1CC=C(C)C1CCCC1C(=O)O)C(=O)OC2. The molecule has 1 saturated carbocycles. The second kappa shape index (κ2) is 7.02. The smallest absolute Gasteiger partial charge is 0.341 e. The lowest BCUT2D eigenvalue weighted by Crippen LogP contribution is -2.19. The minimum absolute atomic E-state index is 0.0557. The number of rotatable bonds is 5. The first-order valence-electron chi connectivity index (χ1n) is 8.91. The number of carboxylic acid groups (broad SMARTS) is 1. The predicted molar refractivity (Wildman–Crippen MR) is 97.2 cm³/mol. The van der Waals surface area contributed by atoms with Crippen LogP contribution in [0.4, 0.5) is 5.69 Å². The summed E-state index contributed by atoms with van der Waals surface area (Å²) in [6, 6.07) is 0. The number of allylic oxidation sites excluding steroid dienone is 2. The summed E-state index contributed by atoms with van der Waals surface area (Å²) in [7, 11) is 1.59. The van der Waals surface area contributed by atoms with Crippen molar-refractivity contribution in [2.75, 3.05) is 12.8 Å². The second-order valence-electron chi connectivity index (χ2n) is 7.11. The number of hydrogen-bond donors (Lipinski definition) is 2. The van der Waals surface area contributed by atoms with Crippen molar-refractivity contribution in [2.45, 2.75) is 46.1 Å². The molecule has 6 nitrogen and oxygen atoms in total. The van der Waals surface area contributed by atoms with Gasteiger partial charge in [0.25, 0.3) is 0 Å². The Morgan fingerprint density at radius 3 is 2.73 bits per heavy atom. The van der Waals surface area contributed by atoms with Gasteiger partial charge in [-0.15, -0.1) is 0 Å². The van der Waals surface area contributed by atoms with Crippen LogP contribution in [0.25, 0.3) is 0 Å². The lowest BCUT2D eigenvalue weighted by molar-refractivity contribution is -0.142. The van der Waals surface area contributed by atoms with E-state index in [9.17, 15) is 14.7 Å². The van der Waals surface area contributed by atoms with Gasteiger partial charge in [0, 0.05) is 11.1 Å². The molecule has 0 radical (unpaired) electrons. The molecule has 26 heavy (non-hydrogen) atoms. The molecule has 1 aromatic rings. The van der Waals surface area contributed by atoms with Crippen LogP contribution in [0.2, 0.25) is 0 Å². The number of esters is 1. The summed E-state index contributed by atoms with van der Waals surface area (Å²) >= 11 is 0. The number of aliphatic carboxylic acids is 1. The molecule has 6 heteroatoms. The first-order valence-corrected chi connectivity index (χ1v) is 8.91. The van der Waals surface area contributed by atoms with Crippen LogP contribution in [0.3, 0.4) is 0 Å². The summed E-state index contributed by atoms with van der Waals surface area (Å²) in [6.45, 7) is 4.09. The van der Waals surface area contributed by atoms with Crippen LogP contribution < -0.4 is 10.5 Å². The van der Waals surface area contributed by atoms with Crippen molar-refractivity contribution in [1.29, 1.82) is 0 Å². The Balaban J connectivity index is 1.95. The Morgan fingerprint density at radius 2 is 2.08 bits per heavy atom. The highest BCUT2D eigenvalue weighted by Gasteiger charge is 2.34. The molecule has 0 saturated heterocycles. The zero-order valence-corrected chi connectivity index (χ0v) is 15.4. The maximum atomic E-state index is 12.0. The third kappa shape index (κ3) is 2.93. The highest BCUT2D eigenvalue weighted by molar-refractivity contribution is 6.00. The van der Waals surface area contributed by atoms with E-state index < -0.39 is 11.9 Å². The maximum absolute atomic E-state index is 12.0. The Kier molecular flexibility index (Phi) is 4.94. The molecule has 1 aromatic carbocycles. The van der Waals surface area contributed by atoms with E-state index in [0.717, 1.165) is 41.5 Å². The number of hydrogen-bond acceptors (Lipinski definition) is 5. The number of carbonyl (C=O) groups excluding carboxylic acids is 1. The standard InChI is InChI=1S/C20H25NO5/c1-10(12-5-4-6-13(12)19(22)23)7-8-14-17(21)16-15(9-26-20(16)24)11(2)18(14)25-3/h7,12-13H,4-6,8-9,21H2,1-3H3,(H,22,23). The minimum atomic E-state index is -0.728. The summed E-state index contributed by atoms with van der Waals surface area (Å²) in [4.78, 5) is 23.5. The van der Waals surface area contributed by atoms with Crippen molar-refractivity contribution in [3.8, 4) is 5.75 Å². The number of nitrogen functional groups attached to an aromatic ring is 1. The first kappa shape index (κ1) is 18.3. The fourth-order valence-corrected chi connectivity index (χ4v) is 4.30. The molecule has 2 atom stereocenters. The van der Waals surface area contributed by atoms with E-state index in [1.165, 1.54) is 0 Å². The zero-order valence-electron chi connectivity index (χ0n) is 15.4. The predicted octanol–water partition coefficient (Wildman–Crippen LogP) is 3.25. The maximum Gasteiger partial charge on any atom is 0.341 e. The van der Waals surface area contributed by atoms with E-state index in [0.29, 0.717) is 23.4 Å². The van der Waals surface area contributed by atoms with E-state index in [1.54, 1.807) is 7.11 Å². The van der Waals surface area contributed by atoms with Gasteiger partial charge in [0.1, 0.15) is 12.4 Å². The number of carbonyl (C=O) groups is 2. The third-order valence-electron chi connectivity index (χ3n) is 5.77. The number of methoxy groups -OCH3 is 1. The highest BCUT2D eigenvalue weighted by Crippen LogP contribution is 2.41. The Labute approximate surface area is 153 Å². The van der Waals surface area contributed by atoms with E-state index >= 15 is 0 Å². The summed E-state index contributed by atoms with van der Waals surface area (Å²) in [6.07, 6.45) is 5.06. The number of anilines is 1. The van der Waals surface area contributed by atoms with E-state index in [1.807, 2.05) is 19.9 Å². The summed E-state index contributed by atoms with van der Waals surface area (Å²) in [5.41, 5.74) is 10.6. The number of fused-ring (bicyclic) bond motifs is 1. The normalized spacial score (nSPS) is 22.3. The van der Waals surface area contributed by atoms with Crippen LogP contribution in [0.5, 0.6) is 5.75 Å². The highest BCUT2D eigenvalue weighted by atomic mass is 16.5. The monoisotopic (exact) mass is 359 g/mol. The fourth-order valence-electron chi connectivity index (χ4n) is 4.30. The van der Waals surface area contributed by atoms with Crippen LogP contribution in [0.1, 0.15) is 53.2 Å². The second-order valence-corrected chi connectivity index (χ2v) is 7.11. The first-order chi connectivity index (χ1) is 12.4. The summed E-state index contributed by atoms with van der Waals surface area (Å²) in [5, 5.41) is 9.40. The van der Waals surface area contributed by atoms with Crippen LogP contribution in [-0.2, 0) is 22.6 Å². The average Bonchev–Trinajstić information content (AvgIpc) is 3.23. The molecule has 0 amide bonds. The molecule has 1 heterocycles. The van der Waals surface area contributed by atoms with Crippen LogP contribution in [0, 0.1) is 18.8 Å². The van der Waals surface area contributed by atoms with Gasteiger partial charge < -0.3 is 20.3 Å². The van der Waals surface area contributed by atoms with Gasteiger partial charge in [-0.3, -0.25) is 4.79 Å². The van der Waals surface area contributed by atoms with E-state index in [2.05, 4.69) is 0 Å². The van der Waals surface area contributed by atoms with Gasteiger partial charge in [-0.1, -0.05) is 18.1 Å². The Morgan fingerprint density at radius 1 is 1.38 bits per heavy atom. The minimum Gasteiger partial charge on any atom is -0.496 e. The third-order valence-corrected chi connectivity index (χ3v) is 5.77. The number of nitrogens with two attached hydrogens (primary N) is 1. The molecule has 0 spiro atoms. The van der Waals surface area contributed by atoms with Crippen molar-refractivity contribution in [3.05, 3.63) is 33.9 Å². The van der Waals surface area contributed by atoms with Gasteiger partial charge in [0.2, 0.25) is 0 Å². The fraction of sp³-hybridized carbons (Fsp3) is 0.500. The molecular formula is C20H25NO5. The van der Waals surface area contributed by atoms with Gasteiger partial charge in [-0.2, -0.15) is 0 Å². The molecule has 1 aliphatic carbocycles. The molecule has 1 aliphatic heterocycles. The Hall–Kier alpha value is -2.50. The van der Waals surface area contributed by atoms with Crippen molar-refractivity contribution in [3.63, 3.8) is 0 Å². The van der Waals surface area contributed by atoms with Crippen molar-refractivity contribution < 1.29 is 24.2 Å². The van der Waals surface area contributed by atoms with Crippen LogP contribution >= 0.6 is 0 Å². The van der Waals surface area contributed by atoms with E-state index in [4.69, 9.17) is 15.2 Å². The van der Waals surface area contributed by atoms with E-state index in [-0.39, 0.29) is 18.4 Å². The van der Waals surface area contributed by atoms with Crippen LogP contribution in [-0.4, -0.2) is 24.2 Å². The average molecular weight is 359 g/mol. The van der Waals surface area contributed by atoms with Gasteiger partial charge in [0.15, 0.2) is 0 Å². The number of carboxylic acids is 1. The molecule has 1 fully saturated rings. The number of cyclic esters (lactones) is 1. The van der Waals surface area contributed by atoms with Crippen LogP contribution in [0.15, 0.2) is 11.6 Å². The van der Waals surface area contributed by atoms with Gasteiger partial charge in [-0.05, 0) is 44.6 Å². The Bertz CT molecular complexity index is 796. The lowest BCUT2D eigenvalue weighted by atomic mass is 9.88.